The van der Waals surface area contributed by atoms with Crippen LogP contribution >= 0.6 is 46.9 Å². The molecule has 0 saturated carbocycles. The fourth-order valence-electron chi connectivity index (χ4n) is 14.6. The van der Waals surface area contributed by atoms with Crippen molar-refractivity contribution in [2.45, 2.75) is 135 Å². The molecule has 0 aliphatic heterocycles. The molecule has 3 atom stereocenters. The number of hydrogen-bond acceptors (Lipinski definition) is 7. The number of amides is 1. The van der Waals surface area contributed by atoms with E-state index in [9.17, 15) is 9.59 Å². The molecule has 0 radical (unpaired) electrons. The fourth-order valence-corrected chi connectivity index (χ4v) is 16.2. The van der Waals surface area contributed by atoms with E-state index in [1.807, 2.05) is 18.7 Å². The molecule has 6 aliphatic carbocycles. The van der Waals surface area contributed by atoms with E-state index >= 15 is 0 Å². The summed E-state index contributed by atoms with van der Waals surface area (Å²) in [4.78, 5) is 22.3. The Balaban J connectivity index is 0.000000130. The Labute approximate surface area is 466 Å². The second kappa shape index (κ2) is 24.4. The molecular formula is C66H78ClN3O2S3. The summed E-state index contributed by atoms with van der Waals surface area (Å²) in [7, 11) is 0. The number of nitrogens with one attached hydrogen (secondary N) is 2. The molecule has 4 N–H and O–H groups in total. The van der Waals surface area contributed by atoms with Gasteiger partial charge in [0, 0.05) is 45.6 Å². The van der Waals surface area contributed by atoms with Crippen LogP contribution in [0, 0.1) is 20.8 Å². The number of carbonyl (C=O) groups excluding carboxylic acids is 2. The normalized spacial score (nSPS) is 20.4. The van der Waals surface area contributed by atoms with E-state index in [1.54, 1.807) is 39.6 Å². The largest absolute Gasteiger partial charge is 0.398 e. The van der Waals surface area contributed by atoms with Crippen molar-refractivity contribution in [1.29, 1.82) is 0 Å². The Hall–Kier alpha value is -4.60. The SMILES string of the molecule is CCSCC(=O)Cl.CCSCC(=O)Nc1cccc2c1[C@]1(CCc3cccc(C)c31)CC2.CCSCCNc1cccc2c1[C@]1(CCc3cccc(C)c31)CC2.Cc1cccc2c1[C@@]1(CC2)CCc2cccc(N)c21. The van der Waals surface area contributed by atoms with E-state index in [0.29, 0.717) is 11.5 Å². The van der Waals surface area contributed by atoms with Crippen molar-refractivity contribution >= 4 is 75.1 Å². The number of anilines is 3. The predicted octanol–water partition coefficient (Wildman–Crippen LogP) is 15.5. The molecule has 1 amide bonds. The van der Waals surface area contributed by atoms with Crippen LogP contribution in [-0.2, 0) is 64.4 Å². The maximum Gasteiger partial charge on any atom is 0.234 e. The first-order chi connectivity index (χ1) is 36.4. The van der Waals surface area contributed by atoms with Crippen LogP contribution in [0.1, 0.15) is 143 Å². The molecule has 3 spiro atoms. The number of nitrogens with two attached hydrogens (primary N) is 1. The number of thioether (sulfide) groups is 3. The molecule has 6 aromatic carbocycles. The first-order valence-corrected chi connectivity index (χ1v) is 31.6. The Morgan fingerprint density at radius 3 is 1.27 bits per heavy atom. The summed E-state index contributed by atoms with van der Waals surface area (Å²) in [6, 6.07) is 40.1. The first-order valence-electron chi connectivity index (χ1n) is 27.8. The summed E-state index contributed by atoms with van der Waals surface area (Å²) in [5.41, 5.74) is 32.9. The molecular weight excluding hydrogens is 998 g/mol. The Kier molecular flexibility index (Phi) is 17.9. The lowest BCUT2D eigenvalue weighted by molar-refractivity contribution is -0.114. The lowest BCUT2D eigenvalue weighted by atomic mass is 9.74. The van der Waals surface area contributed by atoms with Crippen LogP contribution in [0.15, 0.2) is 109 Å². The van der Waals surface area contributed by atoms with Crippen molar-refractivity contribution in [1.82, 2.24) is 0 Å². The van der Waals surface area contributed by atoms with Crippen molar-refractivity contribution in [3.63, 3.8) is 0 Å². The second-order valence-electron chi connectivity index (χ2n) is 21.4. The van der Waals surface area contributed by atoms with Crippen molar-refractivity contribution < 1.29 is 9.59 Å². The topological polar surface area (TPSA) is 84.2 Å². The van der Waals surface area contributed by atoms with Gasteiger partial charge in [-0.3, -0.25) is 9.59 Å². The zero-order valence-corrected chi connectivity index (χ0v) is 48.5. The molecule has 6 aromatic rings. The molecule has 0 heterocycles. The molecule has 6 aliphatic rings. The quantitative estimate of drug-likeness (QED) is 0.0640. The predicted molar refractivity (Wildman–Crippen MR) is 327 cm³/mol. The van der Waals surface area contributed by atoms with E-state index < -0.39 is 0 Å². The van der Waals surface area contributed by atoms with Crippen molar-refractivity contribution in [2.75, 3.05) is 57.4 Å². The number of aryl methyl sites for hydroxylation is 9. The van der Waals surface area contributed by atoms with Gasteiger partial charge in [0.25, 0.3) is 0 Å². The highest BCUT2D eigenvalue weighted by Gasteiger charge is 2.49. The number of halogens is 1. The van der Waals surface area contributed by atoms with Gasteiger partial charge in [-0.15, -0.1) is 0 Å². The van der Waals surface area contributed by atoms with Gasteiger partial charge < -0.3 is 16.4 Å². The van der Waals surface area contributed by atoms with Gasteiger partial charge in [-0.1, -0.05) is 112 Å². The average Bonchev–Trinajstić information content (AvgIpc) is 4.29. The number of rotatable bonds is 12. The minimum Gasteiger partial charge on any atom is -0.398 e. The van der Waals surface area contributed by atoms with Gasteiger partial charge in [-0.25, -0.2) is 0 Å². The van der Waals surface area contributed by atoms with Crippen molar-refractivity contribution in [3.05, 3.63) is 193 Å². The molecule has 0 fully saturated rings. The van der Waals surface area contributed by atoms with Crippen molar-refractivity contribution in [3.8, 4) is 0 Å². The zero-order chi connectivity index (χ0) is 52.7. The molecule has 0 bridgehead atoms. The molecule has 12 rings (SSSR count). The Morgan fingerprint density at radius 2 is 0.840 bits per heavy atom. The Morgan fingerprint density at radius 1 is 0.480 bits per heavy atom. The number of carbonyl (C=O) groups is 2. The van der Waals surface area contributed by atoms with Gasteiger partial charge in [-0.2, -0.15) is 35.3 Å². The zero-order valence-electron chi connectivity index (χ0n) is 45.3. The van der Waals surface area contributed by atoms with E-state index in [4.69, 9.17) is 17.3 Å². The van der Waals surface area contributed by atoms with Crippen LogP contribution in [0.25, 0.3) is 0 Å². The maximum atomic E-state index is 12.4. The van der Waals surface area contributed by atoms with Gasteiger partial charge in [0.2, 0.25) is 11.1 Å². The third-order valence-electron chi connectivity index (χ3n) is 17.3. The monoisotopic (exact) mass is 1080 g/mol. The highest BCUT2D eigenvalue weighted by atomic mass is 35.5. The van der Waals surface area contributed by atoms with Crippen molar-refractivity contribution in [2.24, 2.45) is 0 Å². The van der Waals surface area contributed by atoms with Crippen LogP contribution in [0.3, 0.4) is 0 Å². The van der Waals surface area contributed by atoms with Gasteiger partial charge in [0.1, 0.15) is 0 Å². The number of benzene rings is 6. The third kappa shape index (κ3) is 11.0. The second-order valence-corrected chi connectivity index (χ2v) is 25.8. The molecule has 394 valence electrons. The molecule has 0 saturated heterocycles. The Bertz CT molecular complexity index is 2970. The van der Waals surface area contributed by atoms with E-state index in [0.717, 1.165) is 55.1 Å². The fraction of sp³-hybridized carbons (Fsp3) is 0.424. The van der Waals surface area contributed by atoms with Crippen LogP contribution in [0.4, 0.5) is 17.1 Å². The van der Waals surface area contributed by atoms with E-state index in [2.05, 4.69) is 154 Å². The van der Waals surface area contributed by atoms with Crippen LogP contribution in [0.5, 0.6) is 0 Å². The maximum absolute atomic E-state index is 12.4. The summed E-state index contributed by atoms with van der Waals surface area (Å²) in [5.74, 6) is 5.40. The lowest BCUT2D eigenvalue weighted by Crippen LogP contribution is -2.25. The van der Waals surface area contributed by atoms with Gasteiger partial charge in [0.05, 0.1) is 11.5 Å². The number of nitrogen functional groups attached to an aromatic ring is 1. The summed E-state index contributed by atoms with van der Waals surface area (Å²) < 4.78 is 0. The van der Waals surface area contributed by atoms with Gasteiger partial charge in [0.15, 0.2) is 0 Å². The highest BCUT2D eigenvalue weighted by molar-refractivity contribution is 8.00. The molecule has 9 heteroatoms. The summed E-state index contributed by atoms with van der Waals surface area (Å²) in [5, 5.41) is 6.72. The minimum absolute atomic E-state index is 0.0950. The standard InChI is InChI=1S/C22H25NOS.C22H27NS.C18H19N.C4H7ClOS/c1-3-25-14-19(24)23-18-9-5-8-17-11-13-22(21(17)18)12-10-16-7-4-6-15(2)20(16)22;1-3-24-15-14-23-19-9-5-8-18-11-13-22(21(18)19)12-10-17-7-4-6-16(2)20(17)22;1-12-4-2-5-13-8-10-18(16(12)13)11-9-14-6-3-7-15(19)17(14)18;1-2-7-3-4(5)6/h4-9H,3,10-14H2,1-2H3,(H,23,24);4-9,23H,3,10-15H2,1-2H3;2-7H,8-11,19H2,1H3;2-3H2,1H3/t2*22-;18-;/m111./s1. The molecule has 0 aromatic heterocycles. The number of fused-ring (bicyclic) bond motifs is 12. The lowest BCUT2D eigenvalue weighted by Gasteiger charge is -2.30. The van der Waals surface area contributed by atoms with Crippen LogP contribution < -0.4 is 16.4 Å². The highest BCUT2D eigenvalue weighted by Crippen LogP contribution is 2.58. The molecule has 75 heavy (non-hydrogen) atoms. The van der Waals surface area contributed by atoms with Crippen LogP contribution in [-0.4, -0.2) is 52.2 Å². The van der Waals surface area contributed by atoms with Crippen LogP contribution in [0.2, 0.25) is 0 Å². The van der Waals surface area contributed by atoms with E-state index in [-0.39, 0.29) is 27.4 Å². The molecule has 5 nitrogen and oxygen atoms in total. The first kappa shape index (κ1) is 55.2. The third-order valence-corrected chi connectivity index (χ3v) is 20.2. The number of hydrogen-bond donors (Lipinski definition) is 3. The summed E-state index contributed by atoms with van der Waals surface area (Å²) in [6.07, 6.45) is 14.4. The van der Waals surface area contributed by atoms with Gasteiger partial charge in [-0.05, 0) is 228 Å². The average molecular weight is 1080 g/mol. The molecule has 0 unspecified atom stereocenters. The summed E-state index contributed by atoms with van der Waals surface area (Å²) >= 11 is 10.2. The minimum atomic E-state index is -0.258. The van der Waals surface area contributed by atoms with E-state index in [1.165, 1.54) is 136 Å². The summed E-state index contributed by atoms with van der Waals surface area (Å²) in [6.45, 7) is 14.2. The smallest absolute Gasteiger partial charge is 0.234 e. The van der Waals surface area contributed by atoms with Gasteiger partial charge >= 0.3 is 0 Å².